The van der Waals surface area contributed by atoms with E-state index in [2.05, 4.69) is 25.4 Å². The molecule has 25 heavy (non-hydrogen) atoms. The Morgan fingerprint density at radius 1 is 1.24 bits per heavy atom. The Bertz CT molecular complexity index is 814. The molecular formula is C18H21N5O2. The molecule has 0 fully saturated rings. The smallest absolute Gasteiger partial charge is 0.228 e. The number of para-hydroxylation sites is 1. The minimum absolute atomic E-state index is 0.129. The van der Waals surface area contributed by atoms with Gasteiger partial charge in [-0.15, -0.1) is 10.2 Å². The number of hydrogen-bond donors (Lipinski definition) is 2. The summed E-state index contributed by atoms with van der Waals surface area (Å²) < 4.78 is 2.12. The van der Waals surface area contributed by atoms with Crippen molar-refractivity contribution in [2.75, 3.05) is 5.32 Å². The number of carbonyl (C=O) groups is 2. The molecule has 1 aromatic carbocycles. The molecule has 130 valence electrons. The van der Waals surface area contributed by atoms with Crippen molar-refractivity contribution in [1.82, 2.24) is 20.1 Å². The van der Waals surface area contributed by atoms with Crippen LogP contribution in [0.5, 0.6) is 0 Å². The molecule has 2 aliphatic heterocycles. The van der Waals surface area contributed by atoms with Crippen LogP contribution in [0.15, 0.2) is 24.3 Å². The van der Waals surface area contributed by atoms with Crippen LogP contribution < -0.4 is 10.6 Å². The molecule has 2 N–H and O–H groups in total. The van der Waals surface area contributed by atoms with E-state index in [1.54, 1.807) is 0 Å². The molecule has 1 atom stereocenters. The molecule has 1 aromatic heterocycles. The highest BCUT2D eigenvalue weighted by atomic mass is 16.2. The van der Waals surface area contributed by atoms with Crippen molar-refractivity contribution in [1.29, 1.82) is 0 Å². The van der Waals surface area contributed by atoms with Crippen LogP contribution in [0, 0.1) is 0 Å². The molecule has 3 heterocycles. The van der Waals surface area contributed by atoms with Crippen molar-refractivity contribution in [3.8, 4) is 0 Å². The van der Waals surface area contributed by atoms with E-state index < -0.39 is 5.92 Å². The standard InChI is InChI=1S/C18H21N5O2/c24-17-10-13(12-6-3-4-7-14(12)20-17)18(25)19-11-16-22-21-15-8-2-1-5-9-23(15)16/h3-4,6-7,13H,1-2,5,8-11H2,(H,19,25)(H,20,24)/t13-/m1/s1. The molecule has 2 amide bonds. The fraction of sp³-hybridized carbons (Fsp3) is 0.444. The van der Waals surface area contributed by atoms with Gasteiger partial charge in [-0.25, -0.2) is 0 Å². The molecular weight excluding hydrogens is 318 g/mol. The van der Waals surface area contributed by atoms with Gasteiger partial charge in [0.05, 0.1) is 12.5 Å². The second kappa shape index (κ2) is 6.66. The lowest BCUT2D eigenvalue weighted by molar-refractivity contribution is -0.126. The van der Waals surface area contributed by atoms with Crippen molar-refractivity contribution >= 4 is 17.5 Å². The molecule has 0 unspecified atom stereocenters. The van der Waals surface area contributed by atoms with Gasteiger partial charge in [0.1, 0.15) is 5.82 Å². The van der Waals surface area contributed by atoms with Crippen molar-refractivity contribution in [2.45, 2.75) is 51.1 Å². The van der Waals surface area contributed by atoms with Gasteiger partial charge in [-0.3, -0.25) is 9.59 Å². The van der Waals surface area contributed by atoms with Gasteiger partial charge in [-0.2, -0.15) is 0 Å². The Labute approximate surface area is 145 Å². The van der Waals surface area contributed by atoms with Gasteiger partial charge in [0.15, 0.2) is 5.82 Å². The quantitative estimate of drug-likeness (QED) is 0.891. The van der Waals surface area contributed by atoms with Crippen LogP contribution in [0.4, 0.5) is 5.69 Å². The first kappa shape index (κ1) is 15.8. The number of fused-ring (bicyclic) bond motifs is 2. The lowest BCUT2D eigenvalue weighted by Crippen LogP contribution is -2.35. The number of anilines is 1. The van der Waals surface area contributed by atoms with E-state index in [-0.39, 0.29) is 18.2 Å². The zero-order valence-electron chi connectivity index (χ0n) is 14.0. The normalized spacial score (nSPS) is 19.4. The van der Waals surface area contributed by atoms with E-state index in [0.717, 1.165) is 48.7 Å². The number of nitrogens with one attached hydrogen (secondary N) is 2. The average molecular weight is 339 g/mol. The second-order valence-electron chi connectivity index (χ2n) is 6.60. The van der Waals surface area contributed by atoms with Crippen molar-refractivity contribution < 1.29 is 9.59 Å². The summed E-state index contributed by atoms with van der Waals surface area (Å²) in [4.78, 5) is 24.6. The van der Waals surface area contributed by atoms with Crippen LogP contribution in [-0.4, -0.2) is 26.6 Å². The van der Waals surface area contributed by atoms with E-state index >= 15 is 0 Å². The van der Waals surface area contributed by atoms with Crippen LogP contribution in [0.2, 0.25) is 0 Å². The fourth-order valence-corrected chi connectivity index (χ4v) is 3.61. The third-order valence-electron chi connectivity index (χ3n) is 4.92. The van der Waals surface area contributed by atoms with E-state index in [0.29, 0.717) is 6.54 Å². The molecule has 4 rings (SSSR count). The van der Waals surface area contributed by atoms with Crippen molar-refractivity contribution in [2.24, 2.45) is 0 Å². The fourth-order valence-electron chi connectivity index (χ4n) is 3.61. The molecule has 7 heteroatoms. The molecule has 2 aromatic rings. The summed E-state index contributed by atoms with van der Waals surface area (Å²) in [7, 11) is 0. The SMILES string of the molecule is O=C1C[C@@H](C(=O)NCc2nnc3n2CCCCC3)c2ccccc2N1. The third kappa shape index (κ3) is 3.14. The lowest BCUT2D eigenvalue weighted by atomic mass is 9.90. The highest BCUT2D eigenvalue weighted by Crippen LogP contribution is 2.32. The lowest BCUT2D eigenvalue weighted by Gasteiger charge is -2.24. The number of hydrogen-bond acceptors (Lipinski definition) is 4. The summed E-state index contributed by atoms with van der Waals surface area (Å²) >= 11 is 0. The number of amides is 2. The monoisotopic (exact) mass is 339 g/mol. The molecule has 0 radical (unpaired) electrons. The Balaban J connectivity index is 1.48. The van der Waals surface area contributed by atoms with Crippen LogP contribution in [-0.2, 0) is 29.1 Å². The maximum Gasteiger partial charge on any atom is 0.228 e. The van der Waals surface area contributed by atoms with Crippen LogP contribution >= 0.6 is 0 Å². The van der Waals surface area contributed by atoms with Gasteiger partial charge < -0.3 is 15.2 Å². The molecule has 2 aliphatic rings. The molecule has 0 spiro atoms. The summed E-state index contributed by atoms with van der Waals surface area (Å²) in [6, 6.07) is 7.45. The molecule has 0 bridgehead atoms. The molecule has 0 aliphatic carbocycles. The predicted octanol–water partition coefficient (Wildman–Crippen LogP) is 1.75. The first-order valence-electron chi connectivity index (χ1n) is 8.80. The summed E-state index contributed by atoms with van der Waals surface area (Å²) in [5.74, 6) is 1.06. The van der Waals surface area contributed by atoms with E-state index in [4.69, 9.17) is 0 Å². The summed E-state index contributed by atoms with van der Waals surface area (Å²) in [5, 5.41) is 14.2. The van der Waals surface area contributed by atoms with Gasteiger partial charge >= 0.3 is 0 Å². The van der Waals surface area contributed by atoms with Gasteiger partial charge in [0, 0.05) is 25.1 Å². The minimum atomic E-state index is -0.462. The second-order valence-corrected chi connectivity index (χ2v) is 6.60. The molecule has 0 saturated heterocycles. The number of carbonyl (C=O) groups excluding carboxylic acids is 2. The highest BCUT2D eigenvalue weighted by molar-refractivity contribution is 6.01. The third-order valence-corrected chi connectivity index (χ3v) is 4.92. The topological polar surface area (TPSA) is 88.9 Å². The van der Waals surface area contributed by atoms with Gasteiger partial charge in [-0.1, -0.05) is 24.6 Å². The van der Waals surface area contributed by atoms with Crippen LogP contribution in [0.25, 0.3) is 0 Å². The highest BCUT2D eigenvalue weighted by Gasteiger charge is 2.30. The first-order chi connectivity index (χ1) is 12.2. The number of aryl methyl sites for hydroxylation is 1. The number of benzene rings is 1. The maximum atomic E-state index is 12.7. The Morgan fingerprint density at radius 2 is 2.12 bits per heavy atom. The van der Waals surface area contributed by atoms with Gasteiger partial charge in [-0.05, 0) is 24.5 Å². The summed E-state index contributed by atoms with van der Waals surface area (Å²) in [6.07, 6.45) is 4.56. The van der Waals surface area contributed by atoms with Crippen LogP contribution in [0.1, 0.15) is 48.8 Å². The zero-order chi connectivity index (χ0) is 17.2. The number of aromatic nitrogens is 3. The number of rotatable bonds is 3. The zero-order valence-corrected chi connectivity index (χ0v) is 14.0. The Kier molecular flexibility index (Phi) is 4.21. The average Bonchev–Trinajstić information content (AvgIpc) is 2.85. The summed E-state index contributed by atoms with van der Waals surface area (Å²) in [6.45, 7) is 1.24. The van der Waals surface area contributed by atoms with Gasteiger partial charge in [0.25, 0.3) is 0 Å². The van der Waals surface area contributed by atoms with E-state index in [9.17, 15) is 9.59 Å². The van der Waals surface area contributed by atoms with Crippen molar-refractivity contribution in [3.63, 3.8) is 0 Å². The Morgan fingerprint density at radius 3 is 3.04 bits per heavy atom. The Hall–Kier alpha value is -2.70. The van der Waals surface area contributed by atoms with E-state index in [1.165, 1.54) is 6.42 Å². The molecule has 7 nitrogen and oxygen atoms in total. The maximum absolute atomic E-state index is 12.7. The summed E-state index contributed by atoms with van der Waals surface area (Å²) in [5.41, 5.74) is 1.58. The molecule has 0 saturated carbocycles. The number of nitrogens with zero attached hydrogens (tertiary/aromatic N) is 3. The predicted molar refractivity (Wildman–Crippen MR) is 91.9 cm³/mol. The van der Waals surface area contributed by atoms with E-state index in [1.807, 2.05) is 24.3 Å². The van der Waals surface area contributed by atoms with Crippen LogP contribution in [0.3, 0.4) is 0 Å². The van der Waals surface area contributed by atoms with Crippen molar-refractivity contribution in [3.05, 3.63) is 41.5 Å². The first-order valence-corrected chi connectivity index (χ1v) is 8.80. The largest absolute Gasteiger partial charge is 0.348 e. The minimum Gasteiger partial charge on any atom is -0.348 e. The van der Waals surface area contributed by atoms with Gasteiger partial charge in [0.2, 0.25) is 11.8 Å².